The Morgan fingerprint density at radius 1 is 1.16 bits per heavy atom. The molecule has 0 atom stereocenters. The van der Waals surface area contributed by atoms with E-state index in [1.807, 2.05) is 0 Å². The smallest absolute Gasteiger partial charge is 0.196 e. The molecule has 0 aliphatic carbocycles. The third-order valence-corrected chi connectivity index (χ3v) is 3.08. The van der Waals surface area contributed by atoms with Crippen LogP contribution in [-0.2, 0) is 0 Å². The zero-order chi connectivity index (χ0) is 14.2. The minimum Gasteiger partial charge on any atom is -0.398 e. The number of hydrogen-bond donors (Lipinski definition) is 1. The maximum absolute atomic E-state index is 13.7. The fraction of sp³-hybridized carbons (Fsp3) is 0.0714. The first-order chi connectivity index (χ1) is 8.90. The molecule has 2 aromatic carbocycles. The molecular formula is C14H10ClF2NO. The summed E-state index contributed by atoms with van der Waals surface area (Å²) in [4.78, 5) is 12.1. The van der Waals surface area contributed by atoms with E-state index in [1.165, 1.54) is 25.1 Å². The monoisotopic (exact) mass is 281 g/mol. The fourth-order valence-corrected chi connectivity index (χ4v) is 1.82. The maximum atomic E-state index is 13.7. The molecule has 0 aliphatic rings. The lowest BCUT2D eigenvalue weighted by molar-refractivity contribution is 0.103. The number of hydrogen-bond acceptors (Lipinski definition) is 2. The summed E-state index contributed by atoms with van der Waals surface area (Å²) in [5.41, 5.74) is 5.81. The summed E-state index contributed by atoms with van der Waals surface area (Å²) < 4.78 is 27.1. The zero-order valence-corrected chi connectivity index (χ0v) is 10.8. The van der Waals surface area contributed by atoms with Crippen LogP contribution in [0.4, 0.5) is 14.5 Å². The molecule has 0 spiro atoms. The molecule has 0 fully saturated rings. The Hall–Kier alpha value is -1.94. The van der Waals surface area contributed by atoms with E-state index in [4.69, 9.17) is 17.3 Å². The quantitative estimate of drug-likeness (QED) is 0.673. The summed E-state index contributed by atoms with van der Waals surface area (Å²) in [7, 11) is 0. The number of rotatable bonds is 2. The summed E-state index contributed by atoms with van der Waals surface area (Å²) >= 11 is 5.80. The van der Waals surface area contributed by atoms with Gasteiger partial charge in [0.25, 0.3) is 0 Å². The minimum absolute atomic E-state index is 0.143. The van der Waals surface area contributed by atoms with Crippen LogP contribution in [0.2, 0.25) is 5.02 Å². The third-order valence-electron chi connectivity index (χ3n) is 2.76. The standard InChI is InChI=1S/C14H10ClF2NO/c1-7-4-12(17)9(6-11(7)16)14(19)8-2-3-13(18)10(15)5-8/h2-6H,18H2,1H3. The summed E-state index contributed by atoms with van der Waals surface area (Å²) in [5.74, 6) is -2.04. The summed E-state index contributed by atoms with van der Waals surface area (Å²) in [5, 5.41) is 0.193. The predicted molar refractivity (Wildman–Crippen MR) is 70.4 cm³/mol. The summed E-state index contributed by atoms with van der Waals surface area (Å²) in [6.07, 6.45) is 0. The van der Waals surface area contributed by atoms with Gasteiger partial charge in [0.2, 0.25) is 0 Å². The Balaban J connectivity index is 2.49. The van der Waals surface area contributed by atoms with Crippen molar-refractivity contribution in [3.63, 3.8) is 0 Å². The van der Waals surface area contributed by atoms with Crippen LogP contribution in [0.3, 0.4) is 0 Å². The molecule has 98 valence electrons. The highest BCUT2D eigenvalue weighted by Crippen LogP contribution is 2.23. The molecule has 0 radical (unpaired) electrons. The van der Waals surface area contributed by atoms with Gasteiger partial charge in [0.1, 0.15) is 11.6 Å². The van der Waals surface area contributed by atoms with Crippen molar-refractivity contribution >= 4 is 23.1 Å². The van der Waals surface area contributed by atoms with Crippen LogP contribution in [0.15, 0.2) is 30.3 Å². The van der Waals surface area contributed by atoms with Gasteiger partial charge in [0.15, 0.2) is 5.78 Å². The molecule has 0 saturated heterocycles. The number of nitrogen functional groups attached to an aromatic ring is 1. The molecule has 5 heteroatoms. The van der Waals surface area contributed by atoms with E-state index >= 15 is 0 Å². The first-order valence-corrected chi connectivity index (χ1v) is 5.83. The topological polar surface area (TPSA) is 43.1 Å². The molecule has 0 heterocycles. The molecule has 0 bridgehead atoms. The Labute approximate surface area is 113 Å². The van der Waals surface area contributed by atoms with E-state index in [2.05, 4.69) is 0 Å². The van der Waals surface area contributed by atoms with Gasteiger partial charge in [-0.15, -0.1) is 0 Å². The lowest BCUT2D eigenvalue weighted by Crippen LogP contribution is -2.06. The first kappa shape index (κ1) is 13.5. The zero-order valence-electron chi connectivity index (χ0n) is 10.0. The van der Waals surface area contributed by atoms with Gasteiger partial charge in [-0.25, -0.2) is 8.78 Å². The molecule has 19 heavy (non-hydrogen) atoms. The van der Waals surface area contributed by atoms with Crippen LogP contribution in [0.25, 0.3) is 0 Å². The molecule has 0 unspecified atom stereocenters. The van der Waals surface area contributed by atoms with Crippen molar-refractivity contribution in [3.8, 4) is 0 Å². The van der Waals surface area contributed by atoms with Crippen molar-refractivity contribution in [2.75, 3.05) is 5.73 Å². The normalized spacial score (nSPS) is 10.5. The lowest BCUT2D eigenvalue weighted by atomic mass is 10.0. The summed E-state index contributed by atoms with van der Waals surface area (Å²) in [6, 6.07) is 6.06. The molecule has 2 rings (SSSR count). The summed E-state index contributed by atoms with van der Waals surface area (Å²) in [6.45, 7) is 1.42. The van der Waals surface area contributed by atoms with Gasteiger partial charge >= 0.3 is 0 Å². The van der Waals surface area contributed by atoms with Crippen LogP contribution < -0.4 is 5.73 Å². The van der Waals surface area contributed by atoms with Gasteiger partial charge in [0.05, 0.1) is 16.3 Å². The van der Waals surface area contributed by atoms with Crippen molar-refractivity contribution in [1.82, 2.24) is 0 Å². The van der Waals surface area contributed by atoms with E-state index in [0.29, 0.717) is 5.69 Å². The molecule has 0 aliphatic heterocycles. The fourth-order valence-electron chi connectivity index (χ4n) is 1.64. The highest BCUT2D eigenvalue weighted by molar-refractivity contribution is 6.33. The number of halogens is 3. The Morgan fingerprint density at radius 2 is 1.84 bits per heavy atom. The van der Waals surface area contributed by atoms with Crippen molar-refractivity contribution in [1.29, 1.82) is 0 Å². The van der Waals surface area contributed by atoms with Gasteiger partial charge in [-0.1, -0.05) is 11.6 Å². The Morgan fingerprint density at radius 3 is 2.47 bits per heavy atom. The van der Waals surface area contributed by atoms with E-state index in [1.54, 1.807) is 0 Å². The number of carbonyl (C=O) groups excluding carboxylic acids is 1. The number of carbonyl (C=O) groups is 1. The predicted octanol–water partition coefficient (Wildman–Crippen LogP) is 3.74. The molecule has 0 amide bonds. The first-order valence-electron chi connectivity index (χ1n) is 5.45. The molecule has 2 aromatic rings. The molecule has 0 saturated carbocycles. The molecular weight excluding hydrogens is 272 g/mol. The number of nitrogens with two attached hydrogens (primary N) is 1. The van der Waals surface area contributed by atoms with Gasteiger partial charge in [-0.05, 0) is 42.8 Å². The highest BCUT2D eigenvalue weighted by atomic mass is 35.5. The SMILES string of the molecule is Cc1cc(F)c(C(=O)c2ccc(N)c(Cl)c2)cc1F. The van der Waals surface area contributed by atoms with Crippen LogP contribution >= 0.6 is 11.6 Å². The number of benzene rings is 2. The Kier molecular flexibility index (Phi) is 3.53. The molecule has 2 nitrogen and oxygen atoms in total. The van der Waals surface area contributed by atoms with Gasteiger partial charge in [-0.3, -0.25) is 4.79 Å². The number of aryl methyl sites for hydroxylation is 1. The van der Waals surface area contributed by atoms with Crippen molar-refractivity contribution in [3.05, 3.63) is 63.7 Å². The van der Waals surface area contributed by atoms with Crippen molar-refractivity contribution < 1.29 is 13.6 Å². The van der Waals surface area contributed by atoms with E-state index in [-0.39, 0.29) is 21.7 Å². The van der Waals surface area contributed by atoms with Crippen molar-refractivity contribution in [2.45, 2.75) is 6.92 Å². The highest BCUT2D eigenvalue weighted by Gasteiger charge is 2.17. The van der Waals surface area contributed by atoms with Crippen LogP contribution in [0.1, 0.15) is 21.5 Å². The second kappa shape index (κ2) is 4.97. The van der Waals surface area contributed by atoms with Crippen LogP contribution in [0, 0.1) is 18.6 Å². The third kappa shape index (κ3) is 2.58. The Bertz CT molecular complexity index is 671. The van der Waals surface area contributed by atoms with E-state index in [9.17, 15) is 13.6 Å². The number of anilines is 1. The number of ketones is 1. The largest absolute Gasteiger partial charge is 0.398 e. The maximum Gasteiger partial charge on any atom is 0.196 e. The lowest BCUT2D eigenvalue weighted by Gasteiger charge is -2.06. The average Bonchev–Trinajstić information content (AvgIpc) is 2.36. The van der Waals surface area contributed by atoms with Crippen molar-refractivity contribution in [2.24, 2.45) is 0 Å². The van der Waals surface area contributed by atoms with Crippen LogP contribution in [0.5, 0.6) is 0 Å². The van der Waals surface area contributed by atoms with Gasteiger partial charge in [0, 0.05) is 5.56 Å². The van der Waals surface area contributed by atoms with E-state index in [0.717, 1.165) is 12.1 Å². The average molecular weight is 282 g/mol. The molecule has 0 aromatic heterocycles. The van der Waals surface area contributed by atoms with Crippen LogP contribution in [-0.4, -0.2) is 5.78 Å². The van der Waals surface area contributed by atoms with Gasteiger partial charge in [-0.2, -0.15) is 0 Å². The van der Waals surface area contributed by atoms with E-state index < -0.39 is 17.4 Å². The second-order valence-corrected chi connectivity index (χ2v) is 4.55. The van der Waals surface area contributed by atoms with Gasteiger partial charge < -0.3 is 5.73 Å². The molecule has 2 N–H and O–H groups in total. The second-order valence-electron chi connectivity index (χ2n) is 4.15. The minimum atomic E-state index is -0.767.